The van der Waals surface area contributed by atoms with E-state index < -0.39 is 0 Å². The van der Waals surface area contributed by atoms with Gasteiger partial charge >= 0.3 is 0 Å². The number of rotatable bonds is 6. The molecule has 1 heteroatoms. The third-order valence-corrected chi connectivity index (χ3v) is 4.13. The molecule has 0 fully saturated rings. The highest BCUT2D eigenvalue weighted by Gasteiger charge is 2.07. The number of hydrogen-bond donors (Lipinski definition) is 0. The Hall–Kier alpha value is -2.54. The van der Waals surface area contributed by atoms with Crippen molar-refractivity contribution in [1.82, 2.24) is 0 Å². The Morgan fingerprint density at radius 1 is 0.652 bits per heavy atom. The first-order valence-electron chi connectivity index (χ1n) is 8.21. The number of benzene rings is 3. The first kappa shape index (κ1) is 15.4. The van der Waals surface area contributed by atoms with Crippen LogP contribution in [0.4, 0.5) is 5.69 Å². The van der Waals surface area contributed by atoms with Gasteiger partial charge < -0.3 is 4.90 Å². The van der Waals surface area contributed by atoms with E-state index in [1.807, 2.05) is 0 Å². The van der Waals surface area contributed by atoms with E-state index in [0.29, 0.717) is 0 Å². The summed E-state index contributed by atoms with van der Waals surface area (Å²) < 4.78 is 0. The topological polar surface area (TPSA) is 3.24 Å². The van der Waals surface area contributed by atoms with Crippen LogP contribution in [-0.2, 0) is 13.0 Å². The SMILES string of the molecule is Cc1ccc(CCN(Cc2ccccc2)c2ccccc2)cc1. The van der Waals surface area contributed by atoms with E-state index in [1.54, 1.807) is 0 Å². The van der Waals surface area contributed by atoms with E-state index >= 15 is 0 Å². The number of hydrogen-bond acceptors (Lipinski definition) is 1. The molecule has 3 rings (SSSR count). The number of anilines is 1. The highest BCUT2D eigenvalue weighted by Crippen LogP contribution is 2.17. The van der Waals surface area contributed by atoms with Gasteiger partial charge in [0.2, 0.25) is 0 Å². The lowest BCUT2D eigenvalue weighted by atomic mass is 10.1. The van der Waals surface area contributed by atoms with E-state index in [0.717, 1.165) is 19.5 Å². The summed E-state index contributed by atoms with van der Waals surface area (Å²) in [4.78, 5) is 2.45. The normalized spacial score (nSPS) is 10.5. The highest BCUT2D eigenvalue weighted by atomic mass is 15.1. The highest BCUT2D eigenvalue weighted by molar-refractivity contribution is 5.47. The number of para-hydroxylation sites is 1. The lowest BCUT2D eigenvalue weighted by Gasteiger charge is -2.25. The van der Waals surface area contributed by atoms with Gasteiger partial charge in [-0.25, -0.2) is 0 Å². The molecule has 0 saturated carbocycles. The van der Waals surface area contributed by atoms with Crippen molar-refractivity contribution in [1.29, 1.82) is 0 Å². The molecule has 3 aromatic carbocycles. The second-order valence-electron chi connectivity index (χ2n) is 5.98. The van der Waals surface area contributed by atoms with Crippen molar-refractivity contribution in [3.05, 3.63) is 102 Å². The molecule has 0 spiro atoms. The molecule has 0 unspecified atom stereocenters. The molecule has 1 nitrogen and oxygen atoms in total. The summed E-state index contributed by atoms with van der Waals surface area (Å²) >= 11 is 0. The summed E-state index contributed by atoms with van der Waals surface area (Å²) in [5.41, 5.74) is 5.34. The second kappa shape index (κ2) is 7.64. The van der Waals surface area contributed by atoms with Crippen LogP contribution >= 0.6 is 0 Å². The first-order valence-corrected chi connectivity index (χ1v) is 8.21. The van der Waals surface area contributed by atoms with E-state index in [1.165, 1.54) is 22.4 Å². The molecule has 0 aromatic heterocycles. The van der Waals surface area contributed by atoms with E-state index in [9.17, 15) is 0 Å². The molecule has 0 aliphatic carbocycles. The lowest BCUT2D eigenvalue weighted by molar-refractivity contribution is 0.782. The largest absolute Gasteiger partial charge is 0.367 e. The molecule has 0 heterocycles. The van der Waals surface area contributed by atoms with Crippen molar-refractivity contribution in [2.45, 2.75) is 19.9 Å². The van der Waals surface area contributed by atoms with Crippen LogP contribution < -0.4 is 4.90 Å². The van der Waals surface area contributed by atoms with Gasteiger partial charge in [-0.2, -0.15) is 0 Å². The standard InChI is InChI=1S/C22H23N/c1-19-12-14-20(15-13-19)16-17-23(22-10-6-3-7-11-22)18-21-8-4-2-5-9-21/h2-15H,16-18H2,1H3. The number of nitrogens with zero attached hydrogens (tertiary/aromatic N) is 1. The zero-order valence-corrected chi connectivity index (χ0v) is 13.7. The maximum Gasteiger partial charge on any atom is 0.0429 e. The van der Waals surface area contributed by atoms with Crippen molar-refractivity contribution in [3.8, 4) is 0 Å². The molecular weight excluding hydrogens is 278 g/mol. The van der Waals surface area contributed by atoms with Crippen molar-refractivity contribution in [3.63, 3.8) is 0 Å². The zero-order chi connectivity index (χ0) is 15.9. The molecule has 0 amide bonds. The van der Waals surface area contributed by atoms with Crippen LogP contribution in [0.15, 0.2) is 84.9 Å². The van der Waals surface area contributed by atoms with Gasteiger partial charge in [0.15, 0.2) is 0 Å². The molecule has 0 atom stereocenters. The Labute approximate surface area is 139 Å². The quantitative estimate of drug-likeness (QED) is 0.601. The Morgan fingerprint density at radius 3 is 1.91 bits per heavy atom. The van der Waals surface area contributed by atoms with Crippen molar-refractivity contribution in [2.24, 2.45) is 0 Å². The maximum atomic E-state index is 2.45. The summed E-state index contributed by atoms with van der Waals surface area (Å²) in [7, 11) is 0. The minimum absolute atomic E-state index is 0.941. The smallest absolute Gasteiger partial charge is 0.0429 e. The summed E-state index contributed by atoms with van der Waals surface area (Å²) in [6, 6.07) is 30.2. The summed E-state index contributed by atoms with van der Waals surface area (Å²) in [5.74, 6) is 0. The first-order chi connectivity index (χ1) is 11.3. The average molecular weight is 301 g/mol. The fraction of sp³-hybridized carbons (Fsp3) is 0.182. The van der Waals surface area contributed by atoms with E-state index in [4.69, 9.17) is 0 Å². The molecule has 3 aromatic rings. The minimum atomic E-state index is 0.941. The van der Waals surface area contributed by atoms with Gasteiger partial charge in [-0.05, 0) is 36.6 Å². The Kier molecular flexibility index (Phi) is 5.10. The van der Waals surface area contributed by atoms with Crippen LogP contribution in [0.25, 0.3) is 0 Å². The monoisotopic (exact) mass is 301 g/mol. The van der Waals surface area contributed by atoms with Gasteiger partial charge in [0.1, 0.15) is 0 Å². The summed E-state index contributed by atoms with van der Waals surface area (Å²) in [6.07, 6.45) is 1.06. The summed E-state index contributed by atoms with van der Waals surface area (Å²) in [5, 5.41) is 0. The van der Waals surface area contributed by atoms with E-state index in [2.05, 4.69) is 96.8 Å². The van der Waals surface area contributed by atoms with Crippen LogP contribution in [-0.4, -0.2) is 6.54 Å². The van der Waals surface area contributed by atoms with Crippen molar-refractivity contribution >= 4 is 5.69 Å². The fourth-order valence-corrected chi connectivity index (χ4v) is 2.76. The second-order valence-corrected chi connectivity index (χ2v) is 5.98. The lowest BCUT2D eigenvalue weighted by Crippen LogP contribution is -2.25. The van der Waals surface area contributed by atoms with Gasteiger partial charge in [0, 0.05) is 18.8 Å². The van der Waals surface area contributed by atoms with Gasteiger partial charge in [0.05, 0.1) is 0 Å². The Balaban J connectivity index is 1.74. The van der Waals surface area contributed by atoms with Crippen LogP contribution in [0.1, 0.15) is 16.7 Å². The van der Waals surface area contributed by atoms with Crippen LogP contribution in [0.3, 0.4) is 0 Å². The van der Waals surface area contributed by atoms with Crippen molar-refractivity contribution in [2.75, 3.05) is 11.4 Å². The maximum absolute atomic E-state index is 2.45. The third-order valence-electron chi connectivity index (χ3n) is 4.13. The zero-order valence-electron chi connectivity index (χ0n) is 13.7. The Bertz CT molecular complexity index is 702. The molecule has 0 aliphatic heterocycles. The molecule has 0 aliphatic rings. The van der Waals surface area contributed by atoms with Gasteiger partial charge in [-0.15, -0.1) is 0 Å². The Morgan fingerprint density at radius 2 is 1.26 bits per heavy atom. The molecular formula is C22H23N. The van der Waals surface area contributed by atoms with Crippen LogP contribution in [0.2, 0.25) is 0 Å². The predicted molar refractivity (Wildman–Crippen MR) is 98.8 cm³/mol. The van der Waals surface area contributed by atoms with Crippen molar-refractivity contribution < 1.29 is 0 Å². The molecule has 0 saturated heterocycles. The van der Waals surface area contributed by atoms with Gasteiger partial charge in [0.25, 0.3) is 0 Å². The molecule has 0 bridgehead atoms. The third kappa shape index (κ3) is 4.46. The summed E-state index contributed by atoms with van der Waals surface area (Å²) in [6.45, 7) is 4.09. The van der Waals surface area contributed by atoms with Crippen LogP contribution in [0, 0.1) is 6.92 Å². The van der Waals surface area contributed by atoms with E-state index in [-0.39, 0.29) is 0 Å². The minimum Gasteiger partial charge on any atom is -0.367 e. The van der Waals surface area contributed by atoms with Gasteiger partial charge in [-0.3, -0.25) is 0 Å². The molecule has 23 heavy (non-hydrogen) atoms. The molecule has 0 radical (unpaired) electrons. The van der Waals surface area contributed by atoms with Crippen LogP contribution in [0.5, 0.6) is 0 Å². The average Bonchev–Trinajstić information content (AvgIpc) is 2.61. The van der Waals surface area contributed by atoms with Gasteiger partial charge in [-0.1, -0.05) is 78.4 Å². The predicted octanol–water partition coefficient (Wildman–Crippen LogP) is 5.24. The molecule has 116 valence electrons. The number of aryl methyl sites for hydroxylation is 1. The molecule has 0 N–H and O–H groups in total. The fourth-order valence-electron chi connectivity index (χ4n) is 2.76.